The molecule has 0 aliphatic carbocycles. The first-order chi connectivity index (χ1) is 9.63. The molecule has 0 bridgehead atoms. The molecule has 3 aromatic rings. The van der Waals surface area contributed by atoms with Gasteiger partial charge in [0.15, 0.2) is 0 Å². The van der Waals surface area contributed by atoms with Gasteiger partial charge in [-0.1, -0.05) is 5.16 Å². The standard InChI is InChI=1S/C12H7Br2N5O/c13-7-4-8(14)10(17-5-7)11-18-12(20-19-11)6-1-2-16-9(15)3-6/h1-5H,(H2,15,16). The first kappa shape index (κ1) is 13.2. The maximum atomic E-state index is 5.63. The number of hydrogen-bond donors (Lipinski definition) is 1. The fraction of sp³-hybridized carbons (Fsp3) is 0. The molecule has 0 aromatic carbocycles. The Bertz CT molecular complexity index is 774. The normalized spacial score (nSPS) is 10.7. The molecule has 0 radical (unpaired) electrons. The lowest BCUT2D eigenvalue weighted by Crippen LogP contribution is -1.90. The molecule has 0 amide bonds. The smallest absolute Gasteiger partial charge is 0.258 e. The molecule has 20 heavy (non-hydrogen) atoms. The zero-order valence-electron chi connectivity index (χ0n) is 9.92. The number of nitrogens with zero attached hydrogens (tertiary/aromatic N) is 4. The summed E-state index contributed by atoms with van der Waals surface area (Å²) in [4.78, 5) is 12.5. The van der Waals surface area contributed by atoms with Crippen molar-refractivity contribution in [2.45, 2.75) is 0 Å². The average Bonchev–Trinajstić information content (AvgIpc) is 2.88. The Morgan fingerprint density at radius 1 is 1.15 bits per heavy atom. The van der Waals surface area contributed by atoms with E-state index in [1.165, 1.54) is 0 Å². The van der Waals surface area contributed by atoms with Crippen molar-refractivity contribution in [3.8, 4) is 23.0 Å². The highest BCUT2D eigenvalue weighted by atomic mass is 79.9. The first-order valence-electron chi connectivity index (χ1n) is 5.50. The maximum Gasteiger partial charge on any atom is 0.258 e. The van der Waals surface area contributed by atoms with Gasteiger partial charge in [-0.3, -0.25) is 4.98 Å². The Morgan fingerprint density at radius 2 is 2.00 bits per heavy atom. The van der Waals surface area contributed by atoms with Crippen molar-refractivity contribution < 1.29 is 4.52 Å². The van der Waals surface area contributed by atoms with Crippen molar-refractivity contribution in [3.05, 3.63) is 39.5 Å². The number of pyridine rings is 2. The van der Waals surface area contributed by atoms with Gasteiger partial charge in [-0.15, -0.1) is 0 Å². The third-order valence-corrected chi connectivity index (χ3v) is 3.51. The minimum absolute atomic E-state index is 0.366. The van der Waals surface area contributed by atoms with Gasteiger partial charge in [-0.05, 0) is 50.1 Å². The van der Waals surface area contributed by atoms with E-state index in [0.717, 1.165) is 8.95 Å². The number of anilines is 1. The van der Waals surface area contributed by atoms with Gasteiger partial charge >= 0.3 is 0 Å². The molecule has 3 aromatic heterocycles. The lowest BCUT2D eigenvalue weighted by Gasteiger charge is -1.98. The van der Waals surface area contributed by atoms with Gasteiger partial charge in [0.25, 0.3) is 5.89 Å². The molecule has 0 saturated heterocycles. The molecular formula is C12H7Br2N5O. The fourth-order valence-electron chi connectivity index (χ4n) is 1.60. The SMILES string of the molecule is Nc1cc(-c2nc(-c3ncc(Br)cc3Br)no2)ccn1. The van der Waals surface area contributed by atoms with Crippen molar-refractivity contribution in [1.29, 1.82) is 0 Å². The zero-order valence-corrected chi connectivity index (χ0v) is 13.1. The van der Waals surface area contributed by atoms with Crippen molar-refractivity contribution in [2.24, 2.45) is 0 Å². The van der Waals surface area contributed by atoms with E-state index in [0.29, 0.717) is 28.8 Å². The molecule has 3 heterocycles. The molecule has 0 saturated carbocycles. The quantitative estimate of drug-likeness (QED) is 0.714. The Kier molecular flexibility index (Phi) is 3.49. The predicted molar refractivity (Wildman–Crippen MR) is 80.6 cm³/mol. The minimum atomic E-state index is 0.366. The molecule has 0 unspecified atom stereocenters. The average molecular weight is 397 g/mol. The second kappa shape index (κ2) is 5.29. The van der Waals surface area contributed by atoms with Gasteiger partial charge in [0, 0.05) is 26.9 Å². The molecule has 0 spiro atoms. The Hall–Kier alpha value is -1.80. The Balaban J connectivity index is 2.02. The van der Waals surface area contributed by atoms with Gasteiger partial charge in [0.2, 0.25) is 5.82 Å². The van der Waals surface area contributed by atoms with Gasteiger partial charge < -0.3 is 10.3 Å². The Morgan fingerprint density at radius 3 is 2.75 bits per heavy atom. The number of nitrogens with two attached hydrogens (primary N) is 1. The summed E-state index contributed by atoms with van der Waals surface area (Å²) in [6.45, 7) is 0. The number of nitrogen functional groups attached to an aromatic ring is 1. The van der Waals surface area contributed by atoms with Crippen LogP contribution in [0.4, 0.5) is 5.82 Å². The van der Waals surface area contributed by atoms with Crippen molar-refractivity contribution in [2.75, 3.05) is 5.73 Å². The summed E-state index contributed by atoms with van der Waals surface area (Å²) in [5, 5.41) is 3.93. The first-order valence-corrected chi connectivity index (χ1v) is 7.09. The molecule has 8 heteroatoms. The van der Waals surface area contributed by atoms with Crippen LogP contribution in [0.3, 0.4) is 0 Å². The lowest BCUT2D eigenvalue weighted by molar-refractivity contribution is 0.432. The van der Waals surface area contributed by atoms with E-state index in [1.807, 2.05) is 6.07 Å². The lowest BCUT2D eigenvalue weighted by atomic mass is 10.2. The maximum absolute atomic E-state index is 5.63. The number of hydrogen-bond acceptors (Lipinski definition) is 6. The summed E-state index contributed by atoms with van der Waals surface area (Å²) in [6, 6.07) is 5.28. The molecule has 6 nitrogen and oxygen atoms in total. The van der Waals surface area contributed by atoms with Crippen molar-refractivity contribution in [1.82, 2.24) is 20.1 Å². The highest BCUT2D eigenvalue weighted by Gasteiger charge is 2.14. The van der Waals surface area contributed by atoms with E-state index in [1.54, 1.807) is 24.5 Å². The number of halogens is 2. The third kappa shape index (κ3) is 2.56. The largest absolute Gasteiger partial charge is 0.384 e. The van der Waals surface area contributed by atoms with E-state index in [9.17, 15) is 0 Å². The highest BCUT2D eigenvalue weighted by molar-refractivity contribution is 9.11. The summed E-state index contributed by atoms with van der Waals surface area (Å²) in [7, 11) is 0. The van der Waals surface area contributed by atoms with Gasteiger partial charge in [-0.2, -0.15) is 4.98 Å². The van der Waals surface area contributed by atoms with Crippen LogP contribution in [0, 0.1) is 0 Å². The summed E-state index contributed by atoms with van der Waals surface area (Å²) < 4.78 is 6.86. The van der Waals surface area contributed by atoms with E-state index in [-0.39, 0.29) is 0 Å². The van der Waals surface area contributed by atoms with Gasteiger partial charge in [0.1, 0.15) is 11.5 Å². The van der Waals surface area contributed by atoms with E-state index in [2.05, 4.69) is 52.0 Å². The molecule has 0 atom stereocenters. The van der Waals surface area contributed by atoms with Crippen molar-refractivity contribution in [3.63, 3.8) is 0 Å². The predicted octanol–water partition coefficient (Wildman–Crippen LogP) is 3.30. The van der Waals surface area contributed by atoms with Crippen LogP contribution in [0.2, 0.25) is 0 Å². The van der Waals surface area contributed by atoms with Crippen LogP contribution in [0.1, 0.15) is 0 Å². The molecule has 2 N–H and O–H groups in total. The van der Waals surface area contributed by atoms with Gasteiger partial charge in [-0.25, -0.2) is 4.98 Å². The summed E-state index contributed by atoms with van der Waals surface area (Å²) in [5.41, 5.74) is 6.94. The van der Waals surface area contributed by atoms with Crippen molar-refractivity contribution >= 4 is 37.7 Å². The zero-order chi connectivity index (χ0) is 14.1. The minimum Gasteiger partial charge on any atom is -0.384 e. The van der Waals surface area contributed by atoms with Gasteiger partial charge in [0.05, 0.1) is 0 Å². The molecule has 3 rings (SSSR count). The van der Waals surface area contributed by atoms with Crippen LogP contribution in [-0.4, -0.2) is 20.1 Å². The summed E-state index contributed by atoms with van der Waals surface area (Å²) in [5.74, 6) is 1.16. The number of rotatable bonds is 2. The van der Waals surface area contributed by atoms with Crippen LogP contribution in [0.25, 0.3) is 23.0 Å². The van der Waals surface area contributed by atoms with Crippen LogP contribution in [0.5, 0.6) is 0 Å². The topological polar surface area (TPSA) is 90.7 Å². The second-order valence-electron chi connectivity index (χ2n) is 3.88. The molecule has 0 fully saturated rings. The van der Waals surface area contributed by atoms with Crippen LogP contribution in [-0.2, 0) is 0 Å². The van der Waals surface area contributed by atoms with Crippen LogP contribution >= 0.6 is 31.9 Å². The number of aromatic nitrogens is 4. The molecule has 0 aliphatic rings. The fourth-order valence-corrected chi connectivity index (χ4v) is 2.76. The molecular weight excluding hydrogens is 390 g/mol. The molecule has 0 aliphatic heterocycles. The summed E-state index contributed by atoms with van der Waals surface area (Å²) >= 11 is 6.76. The van der Waals surface area contributed by atoms with E-state index < -0.39 is 0 Å². The molecule has 100 valence electrons. The van der Waals surface area contributed by atoms with E-state index in [4.69, 9.17) is 10.3 Å². The van der Waals surface area contributed by atoms with Crippen LogP contribution in [0.15, 0.2) is 44.1 Å². The summed E-state index contributed by atoms with van der Waals surface area (Å²) in [6.07, 6.45) is 3.25. The monoisotopic (exact) mass is 395 g/mol. The highest BCUT2D eigenvalue weighted by Crippen LogP contribution is 2.28. The Labute approximate surface area is 130 Å². The third-order valence-electron chi connectivity index (χ3n) is 2.47. The van der Waals surface area contributed by atoms with Crippen LogP contribution < -0.4 is 5.73 Å². The second-order valence-corrected chi connectivity index (χ2v) is 5.65. The van der Waals surface area contributed by atoms with E-state index >= 15 is 0 Å².